The molecule has 1 saturated heterocycles. The van der Waals surface area contributed by atoms with Gasteiger partial charge in [0.1, 0.15) is 5.75 Å². The van der Waals surface area contributed by atoms with Crippen molar-refractivity contribution >= 4 is 11.8 Å². The number of aromatic hydroxyl groups is 1. The molecule has 5 nitrogen and oxygen atoms in total. The minimum absolute atomic E-state index is 0.0944. The highest BCUT2D eigenvalue weighted by molar-refractivity contribution is 5.95. The van der Waals surface area contributed by atoms with Crippen molar-refractivity contribution in [1.29, 1.82) is 0 Å². The lowest BCUT2D eigenvalue weighted by Crippen LogP contribution is -2.48. The summed E-state index contributed by atoms with van der Waals surface area (Å²) < 4.78 is 0. The molecule has 3 N–H and O–H groups in total. The van der Waals surface area contributed by atoms with Crippen molar-refractivity contribution < 1.29 is 14.7 Å². The van der Waals surface area contributed by atoms with E-state index in [1.165, 1.54) is 12.1 Å². The summed E-state index contributed by atoms with van der Waals surface area (Å²) in [6.45, 7) is 2.34. The largest absolute Gasteiger partial charge is 0.508 e. The predicted octanol–water partition coefficient (Wildman–Crippen LogP) is 1.12. The number of amides is 2. The highest BCUT2D eigenvalue weighted by Crippen LogP contribution is 2.24. The number of phenolic OH excluding ortho intramolecular Hbond substituents is 1. The summed E-state index contributed by atoms with van der Waals surface area (Å²) in [4.78, 5) is 25.3. The van der Waals surface area contributed by atoms with E-state index in [1.54, 1.807) is 17.0 Å². The lowest BCUT2D eigenvalue weighted by Gasteiger charge is -2.37. The van der Waals surface area contributed by atoms with Crippen LogP contribution >= 0.6 is 0 Å². The number of likely N-dealkylation sites (tertiary alicyclic amines) is 1. The highest BCUT2D eigenvalue weighted by atomic mass is 16.3. The average Bonchev–Trinajstić information content (AvgIpc) is 2.39. The fourth-order valence-corrected chi connectivity index (χ4v) is 2.39. The van der Waals surface area contributed by atoms with E-state index < -0.39 is 0 Å². The Kier molecular flexibility index (Phi) is 3.74. The van der Waals surface area contributed by atoms with Gasteiger partial charge in [0.15, 0.2) is 0 Å². The Morgan fingerprint density at radius 1 is 1.26 bits per heavy atom. The van der Waals surface area contributed by atoms with E-state index in [0.29, 0.717) is 12.1 Å². The van der Waals surface area contributed by atoms with Crippen LogP contribution in [0.2, 0.25) is 0 Å². The first kappa shape index (κ1) is 13.4. The molecule has 1 aromatic carbocycles. The van der Waals surface area contributed by atoms with Crippen LogP contribution in [0, 0.1) is 5.92 Å². The van der Waals surface area contributed by atoms with Gasteiger partial charge in [-0.3, -0.25) is 9.59 Å². The van der Waals surface area contributed by atoms with E-state index in [4.69, 9.17) is 5.73 Å². The van der Waals surface area contributed by atoms with Crippen molar-refractivity contribution in [1.82, 2.24) is 4.90 Å². The van der Waals surface area contributed by atoms with Crippen molar-refractivity contribution in [3.8, 4) is 5.75 Å². The number of phenols is 1. The van der Waals surface area contributed by atoms with E-state index in [2.05, 4.69) is 0 Å². The summed E-state index contributed by atoms with van der Waals surface area (Å²) in [5.41, 5.74) is 5.83. The molecule has 2 rings (SSSR count). The first-order valence-electron chi connectivity index (χ1n) is 6.38. The number of nitrogens with two attached hydrogens (primary N) is 1. The maximum absolute atomic E-state index is 12.4. The van der Waals surface area contributed by atoms with Crippen molar-refractivity contribution in [3.05, 3.63) is 29.8 Å². The number of carbonyl (C=O) groups excluding carboxylic acids is 2. The molecular formula is C14H18N2O3. The van der Waals surface area contributed by atoms with Crippen LogP contribution in [-0.2, 0) is 4.79 Å². The Bertz CT molecular complexity index is 484. The third-order valence-corrected chi connectivity index (χ3v) is 3.66. The summed E-state index contributed by atoms with van der Waals surface area (Å²) in [5, 5.41) is 9.23. The smallest absolute Gasteiger partial charge is 0.254 e. The van der Waals surface area contributed by atoms with E-state index in [0.717, 1.165) is 12.8 Å². The van der Waals surface area contributed by atoms with Crippen molar-refractivity contribution in [2.24, 2.45) is 11.7 Å². The lowest BCUT2D eigenvalue weighted by atomic mass is 9.92. The van der Waals surface area contributed by atoms with Gasteiger partial charge in [-0.05, 0) is 44.0 Å². The molecule has 1 fully saturated rings. The van der Waals surface area contributed by atoms with E-state index >= 15 is 0 Å². The Hall–Kier alpha value is -2.04. The molecule has 1 aliphatic rings. The molecule has 2 unspecified atom stereocenters. The normalized spacial score (nSPS) is 23.1. The summed E-state index contributed by atoms with van der Waals surface area (Å²) >= 11 is 0. The third-order valence-electron chi connectivity index (χ3n) is 3.66. The van der Waals surface area contributed by atoms with E-state index in [1.807, 2.05) is 6.92 Å². The quantitative estimate of drug-likeness (QED) is 0.837. The molecule has 1 heterocycles. The summed E-state index contributed by atoms with van der Waals surface area (Å²) in [5.74, 6) is -0.621. The van der Waals surface area contributed by atoms with Crippen LogP contribution in [0.15, 0.2) is 24.3 Å². The topological polar surface area (TPSA) is 83.6 Å². The number of rotatable bonds is 2. The van der Waals surface area contributed by atoms with Crippen LogP contribution in [0.3, 0.4) is 0 Å². The van der Waals surface area contributed by atoms with Crippen LogP contribution in [-0.4, -0.2) is 34.4 Å². The third kappa shape index (κ3) is 2.86. The SMILES string of the molecule is CC1CCC(C(N)=O)CN1C(=O)c1ccc(O)cc1. The monoisotopic (exact) mass is 262 g/mol. The molecule has 0 saturated carbocycles. The molecule has 0 radical (unpaired) electrons. The van der Waals surface area contributed by atoms with Crippen LogP contribution in [0.25, 0.3) is 0 Å². The molecule has 102 valence electrons. The molecule has 1 aliphatic heterocycles. The van der Waals surface area contributed by atoms with Crippen molar-refractivity contribution in [2.45, 2.75) is 25.8 Å². The zero-order valence-corrected chi connectivity index (χ0v) is 10.9. The summed E-state index contributed by atoms with van der Waals surface area (Å²) in [6.07, 6.45) is 1.51. The van der Waals surface area contributed by atoms with Crippen molar-refractivity contribution in [3.63, 3.8) is 0 Å². The molecule has 0 spiro atoms. The van der Waals surface area contributed by atoms with E-state index in [9.17, 15) is 14.7 Å². The Balaban J connectivity index is 2.16. The van der Waals surface area contributed by atoms with Crippen LogP contribution in [0.4, 0.5) is 0 Å². The van der Waals surface area contributed by atoms with Crippen LogP contribution < -0.4 is 5.73 Å². The molecule has 0 bridgehead atoms. The number of primary amides is 1. The predicted molar refractivity (Wildman–Crippen MR) is 70.5 cm³/mol. The molecule has 2 amide bonds. The lowest BCUT2D eigenvalue weighted by molar-refractivity contribution is -0.123. The number of hydrogen-bond donors (Lipinski definition) is 2. The van der Waals surface area contributed by atoms with Crippen LogP contribution in [0.1, 0.15) is 30.1 Å². The van der Waals surface area contributed by atoms with Crippen LogP contribution in [0.5, 0.6) is 5.75 Å². The zero-order chi connectivity index (χ0) is 14.0. The van der Waals surface area contributed by atoms with E-state index in [-0.39, 0.29) is 29.5 Å². The first-order valence-corrected chi connectivity index (χ1v) is 6.38. The van der Waals surface area contributed by atoms with Crippen molar-refractivity contribution in [2.75, 3.05) is 6.54 Å². The molecule has 0 aromatic heterocycles. The van der Waals surface area contributed by atoms with Gasteiger partial charge in [0.2, 0.25) is 5.91 Å². The second kappa shape index (κ2) is 5.30. The van der Waals surface area contributed by atoms with Gasteiger partial charge in [-0.15, -0.1) is 0 Å². The molecule has 2 atom stereocenters. The minimum Gasteiger partial charge on any atom is -0.508 e. The van der Waals surface area contributed by atoms with Gasteiger partial charge in [0.05, 0.1) is 5.92 Å². The Labute approximate surface area is 112 Å². The molecule has 1 aromatic rings. The van der Waals surface area contributed by atoms with Gasteiger partial charge in [0.25, 0.3) is 5.91 Å². The first-order chi connectivity index (χ1) is 8.99. The molecular weight excluding hydrogens is 244 g/mol. The number of nitrogens with zero attached hydrogens (tertiary/aromatic N) is 1. The fourth-order valence-electron chi connectivity index (χ4n) is 2.39. The second-order valence-corrected chi connectivity index (χ2v) is 5.03. The Morgan fingerprint density at radius 3 is 2.47 bits per heavy atom. The maximum Gasteiger partial charge on any atom is 0.254 e. The number of hydrogen-bond acceptors (Lipinski definition) is 3. The maximum atomic E-state index is 12.4. The Morgan fingerprint density at radius 2 is 1.89 bits per heavy atom. The molecule has 0 aliphatic carbocycles. The standard InChI is InChI=1S/C14H18N2O3/c1-9-2-3-11(13(15)18)8-16(9)14(19)10-4-6-12(17)7-5-10/h4-7,9,11,17H,2-3,8H2,1H3,(H2,15,18). The van der Waals surface area contributed by atoms with Gasteiger partial charge in [-0.2, -0.15) is 0 Å². The molecule has 5 heteroatoms. The second-order valence-electron chi connectivity index (χ2n) is 5.03. The highest BCUT2D eigenvalue weighted by Gasteiger charge is 2.31. The number of benzene rings is 1. The van der Waals surface area contributed by atoms with Gasteiger partial charge in [-0.1, -0.05) is 0 Å². The fraction of sp³-hybridized carbons (Fsp3) is 0.429. The van der Waals surface area contributed by atoms with Gasteiger partial charge >= 0.3 is 0 Å². The van der Waals surface area contributed by atoms with Gasteiger partial charge in [-0.25, -0.2) is 0 Å². The van der Waals surface area contributed by atoms with Gasteiger partial charge < -0.3 is 15.7 Å². The molecule has 19 heavy (non-hydrogen) atoms. The number of piperidine rings is 1. The summed E-state index contributed by atoms with van der Waals surface area (Å²) in [7, 11) is 0. The van der Waals surface area contributed by atoms with Gasteiger partial charge in [0, 0.05) is 18.2 Å². The zero-order valence-electron chi connectivity index (χ0n) is 10.9. The minimum atomic E-state index is -0.351. The number of carbonyl (C=O) groups is 2. The summed E-state index contributed by atoms with van der Waals surface area (Å²) in [6, 6.07) is 6.22. The average molecular weight is 262 g/mol.